The normalized spacial score (nSPS) is 13.7. The van der Waals surface area contributed by atoms with Crippen molar-refractivity contribution < 1.29 is 0 Å². The van der Waals surface area contributed by atoms with Crippen molar-refractivity contribution in [1.82, 2.24) is 10.3 Å². The molecule has 0 aromatic carbocycles. The van der Waals surface area contributed by atoms with E-state index in [-0.39, 0.29) is 5.41 Å². The summed E-state index contributed by atoms with van der Waals surface area (Å²) in [5.74, 6) is 0. The second-order valence-electron chi connectivity index (χ2n) is 5.74. The van der Waals surface area contributed by atoms with Crippen LogP contribution < -0.4 is 5.32 Å². The van der Waals surface area contributed by atoms with Crippen molar-refractivity contribution in [2.75, 3.05) is 0 Å². The minimum atomic E-state index is 0.154. The van der Waals surface area contributed by atoms with E-state index in [0.717, 1.165) is 13.0 Å². The largest absolute Gasteiger partial charge is 0.304 e. The number of thiophene rings is 1. The van der Waals surface area contributed by atoms with Crippen LogP contribution in [-0.4, -0.2) is 4.98 Å². The van der Waals surface area contributed by atoms with Crippen LogP contribution in [0.25, 0.3) is 0 Å². The Morgan fingerprint density at radius 2 is 2.16 bits per heavy atom. The lowest BCUT2D eigenvalue weighted by Crippen LogP contribution is -2.18. The highest BCUT2D eigenvalue weighted by Gasteiger charge is 2.18. The van der Waals surface area contributed by atoms with Gasteiger partial charge >= 0.3 is 0 Å². The van der Waals surface area contributed by atoms with Crippen LogP contribution in [0.1, 0.15) is 54.9 Å². The molecule has 1 unspecified atom stereocenters. The zero-order valence-corrected chi connectivity index (χ0v) is 13.7. The van der Waals surface area contributed by atoms with Crippen molar-refractivity contribution in [3.05, 3.63) is 38.5 Å². The third-order valence-corrected chi connectivity index (χ3v) is 5.42. The molecule has 0 radical (unpaired) electrons. The molecule has 4 heteroatoms. The third-order valence-electron chi connectivity index (χ3n) is 3.01. The summed E-state index contributed by atoms with van der Waals surface area (Å²) in [5.41, 5.74) is 0.154. The molecule has 0 saturated heterocycles. The van der Waals surface area contributed by atoms with E-state index in [1.165, 1.54) is 14.8 Å². The first-order chi connectivity index (χ1) is 9.00. The van der Waals surface area contributed by atoms with Gasteiger partial charge in [0.1, 0.15) is 0 Å². The minimum absolute atomic E-state index is 0.154. The maximum Gasteiger partial charge on any atom is 0.0981 e. The SMILES string of the molecule is CCC(NCc1cnc(C(C)(C)C)s1)c1cccs1. The fourth-order valence-electron chi connectivity index (χ4n) is 1.90. The molecule has 0 fully saturated rings. The molecule has 0 amide bonds. The molecule has 0 aliphatic rings. The Morgan fingerprint density at radius 3 is 2.68 bits per heavy atom. The molecule has 2 heterocycles. The smallest absolute Gasteiger partial charge is 0.0981 e. The minimum Gasteiger partial charge on any atom is -0.304 e. The van der Waals surface area contributed by atoms with Gasteiger partial charge in [-0.3, -0.25) is 0 Å². The monoisotopic (exact) mass is 294 g/mol. The molecule has 0 aliphatic heterocycles. The Hall–Kier alpha value is -0.710. The molecular weight excluding hydrogens is 272 g/mol. The lowest BCUT2D eigenvalue weighted by atomic mass is 9.98. The van der Waals surface area contributed by atoms with Crippen molar-refractivity contribution in [2.24, 2.45) is 0 Å². The van der Waals surface area contributed by atoms with Crippen molar-refractivity contribution in [1.29, 1.82) is 0 Å². The molecule has 104 valence electrons. The lowest BCUT2D eigenvalue weighted by molar-refractivity contribution is 0.529. The zero-order valence-electron chi connectivity index (χ0n) is 12.1. The molecule has 2 nitrogen and oxygen atoms in total. The van der Waals surface area contributed by atoms with Crippen molar-refractivity contribution >= 4 is 22.7 Å². The number of aromatic nitrogens is 1. The number of rotatable bonds is 5. The summed E-state index contributed by atoms with van der Waals surface area (Å²) < 4.78 is 0. The maximum atomic E-state index is 4.54. The summed E-state index contributed by atoms with van der Waals surface area (Å²) in [6.45, 7) is 9.77. The van der Waals surface area contributed by atoms with Gasteiger partial charge in [-0.2, -0.15) is 0 Å². The van der Waals surface area contributed by atoms with Gasteiger partial charge in [0.05, 0.1) is 5.01 Å². The first-order valence-electron chi connectivity index (χ1n) is 6.72. The van der Waals surface area contributed by atoms with Crippen LogP contribution >= 0.6 is 22.7 Å². The Labute approximate surface area is 123 Å². The van der Waals surface area contributed by atoms with E-state index >= 15 is 0 Å². The van der Waals surface area contributed by atoms with Crippen LogP contribution in [-0.2, 0) is 12.0 Å². The van der Waals surface area contributed by atoms with E-state index in [1.807, 2.05) is 28.9 Å². The number of nitrogens with one attached hydrogen (secondary N) is 1. The molecule has 0 aliphatic carbocycles. The highest BCUT2D eigenvalue weighted by molar-refractivity contribution is 7.11. The molecule has 2 aromatic heterocycles. The van der Waals surface area contributed by atoms with Crippen LogP contribution in [0.15, 0.2) is 23.7 Å². The predicted octanol–water partition coefficient (Wildman–Crippen LogP) is 4.74. The summed E-state index contributed by atoms with van der Waals surface area (Å²) in [4.78, 5) is 7.27. The standard InChI is InChI=1S/C15H22N2S2/c1-5-12(13-7-6-8-18-13)16-9-11-10-17-14(19-11)15(2,3)4/h6-8,10,12,16H,5,9H2,1-4H3. The van der Waals surface area contributed by atoms with Gasteiger partial charge in [-0.25, -0.2) is 4.98 Å². The first-order valence-corrected chi connectivity index (χ1v) is 8.42. The van der Waals surface area contributed by atoms with E-state index in [1.54, 1.807) is 0 Å². The van der Waals surface area contributed by atoms with Gasteiger partial charge in [0.25, 0.3) is 0 Å². The number of hydrogen-bond donors (Lipinski definition) is 1. The van der Waals surface area contributed by atoms with Crippen molar-refractivity contribution in [3.8, 4) is 0 Å². The van der Waals surface area contributed by atoms with Crippen LogP contribution in [0.4, 0.5) is 0 Å². The van der Waals surface area contributed by atoms with E-state index in [4.69, 9.17) is 0 Å². The maximum absolute atomic E-state index is 4.54. The van der Waals surface area contributed by atoms with E-state index in [2.05, 4.69) is 55.5 Å². The Morgan fingerprint density at radius 1 is 1.37 bits per heavy atom. The van der Waals surface area contributed by atoms with Crippen LogP contribution in [0.3, 0.4) is 0 Å². The summed E-state index contributed by atoms with van der Waals surface area (Å²) in [6.07, 6.45) is 3.13. The summed E-state index contributed by atoms with van der Waals surface area (Å²) >= 11 is 3.64. The van der Waals surface area contributed by atoms with E-state index < -0.39 is 0 Å². The topological polar surface area (TPSA) is 24.9 Å². The fourth-order valence-corrected chi connectivity index (χ4v) is 3.70. The number of thiazole rings is 1. The van der Waals surface area contributed by atoms with Crippen molar-refractivity contribution in [3.63, 3.8) is 0 Å². The third kappa shape index (κ3) is 3.88. The fraction of sp³-hybridized carbons (Fsp3) is 0.533. The summed E-state index contributed by atoms with van der Waals surface area (Å²) in [6, 6.07) is 4.79. The zero-order chi connectivity index (χ0) is 13.9. The molecule has 1 N–H and O–H groups in total. The number of nitrogens with zero attached hydrogens (tertiary/aromatic N) is 1. The number of hydrogen-bond acceptors (Lipinski definition) is 4. The quantitative estimate of drug-likeness (QED) is 0.861. The molecule has 1 atom stereocenters. The molecule has 0 bridgehead atoms. The lowest BCUT2D eigenvalue weighted by Gasteiger charge is -2.15. The second-order valence-corrected chi connectivity index (χ2v) is 7.83. The average molecular weight is 294 g/mol. The van der Waals surface area contributed by atoms with Gasteiger partial charge in [-0.1, -0.05) is 33.8 Å². The van der Waals surface area contributed by atoms with Crippen molar-refractivity contribution in [2.45, 2.75) is 52.1 Å². The first kappa shape index (κ1) is 14.7. The van der Waals surface area contributed by atoms with Gasteiger partial charge < -0.3 is 5.32 Å². The van der Waals surface area contributed by atoms with Crippen LogP contribution in [0.2, 0.25) is 0 Å². The van der Waals surface area contributed by atoms with Gasteiger partial charge in [0.2, 0.25) is 0 Å². The molecule has 0 spiro atoms. The van der Waals surface area contributed by atoms with Gasteiger partial charge in [0.15, 0.2) is 0 Å². The Balaban J connectivity index is 1.96. The molecule has 0 saturated carbocycles. The molecular formula is C15H22N2S2. The second kappa shape index (κ2) is 6.16. The average Bonchev–Trinajstić information content (AvgIpc) is 2.99. The Bertz CT molecular complexity index is 494. The molecule has 2 aromatic rings. The molecule has 2 rings (SSSR count). The van der Waals surface area contributed by atoms with Gasteiger partial charge in [-0.15, -0.1) is 22.7 Å². The van der Waals surface area contributed by atoms with Crippen LogP contribution in [0.5, 0.6) is 0 Å². The van der Waals surface area contributed by atoms with Gasteiger partial charge in [0, 0.05) is 34.0 Å². The van der Waals surface area contributed by atoms with E-state index in [0.29, 0.717) is 6.04 Å². The molecule has 19 heavy (non-hydrogen) atoms. The summed E-state index contributed by atoms with van der Waals surface area (Å²) in [5, 5.41) is 6.99. The highest BCUT2D eigenvalue weighted by Crippen LogP contribution is 2.27. The van der Waals surface area contributed by atoms with Gasteiger partial charge in [-0.05, 0) is 17.9 Å². The van der Waals surface area contributed by atoms with E-state index in [9.17, 15) is 0 Å². The summed E-state index contributed by atoms with van der Waals surface area (Å²) in [7, 11) is 0. The van der Waals surface area contributed by atoms with Crippen LogP contribution in [0, 0.1) is 0 Å². The Kier molecular flexibility index (Phi) is 4.76. The highest BCUT2D eigenvalue weighted by atomic mass is 32.1. The predicted molar refractivity (Wildman–Crippen MR) is 85.0 cm³/mol.